The number of nitriles is 1. The lowest BCUT2D eigenvalue weighted by molar-refractivity contribution is -0.0479. The van der Waals surface area contributed by atoms with E-state index in [-0.39, 0.29) is 35.3 Å². The van der Waals surface area contributed by atoms with E-state index in [4.69, 9.17) is 24.7 Å². The molecule has 0 radical (unpaired) electrons. The molecule has 2 aliphatic heterocycles. The molecule has 0 spiro atoms. The number of rotatable bonds is 18. The van der Waals surface area contributed by atoms with Crippen LogP contribution in [0.25, 0.3) is 11.0 Å². The van der Waals surface area contributed by atoms with Gasteiger partial charge in [0, 0.05) is 47.5 Å². The maximum atomic E-state index is 14.4. The Kier molecular flexibility index (Phi) is 13.4. The fourth-order valence-corrected chi connectivity index (χ4v) is 9.14. The average Bonchev–Trinajstić information content (AvgIpc) is 3.55. The third-order valence-corrected chi connectivity index (χ3v) is 14.4. The largest absolute Gasteiger partial charge is 0.473 e. The fourth-order valence-electron chi connectivity index (χ4n) is 7.81. The summed E-state index contributed by atoms with van der Waals surface area (Å²) in [5, 5.41) is 11.8. The molecule has 2 aromatic heterocycles. The number of imidazole rings is 1. The normalized spacial score (nSPS) is 19.3. The number of sulfone groups is 1. The molecule has 57 heavy (non-hydrogen) atoms. The van der Waals surface area contributed by atoms with Gasteiger partial charge in [-0.25, -0.2) is 22.8 Å². The molecule has 0 saturated carbocycles. The second-order valence-electron chi connectivity index (χ2n) is 16.3. The Labute approximate surface area is 336 Å². The molecule has 6 rings (SSSR count). The molecule has 4 aromatic rings. The Morgan fingerprint density at radius 3 is 2.46 bits per heavy atom. The third kappa shape index (κ3) is 10.2. The summed E-state index contributed by atoms with van der Waals surface area (Å²) in [4.78, 5) is 25.9. The van der Waals surface area contributed by atoms with Crippen molar-refractivity contribution < 1.29 is 27.1 Å². The molecule has 1 amide bonds. The fraction of sp³-hybridized carbons (Fsp3) is 0.545. The summed E-state index contributed by atoms with van der Waals surface area (Å²) in [6, 6.07) is 17.4. The second kappa shape index (κ2) is 18.0. The van der Waals surface area contributed by atoms with Gasteiger partial charge in [-0.15, -0.1) is 0 Å². The zero-order valence-electron chi connectivity index (χ0n) is 34.0. The van der Waals surface area contributed by atoms with Gasteiger partial charge in [-0.2, -0.15) is 5.26 Å². The van der Waals surface area contributed by atoms with Gasteiger partial charge in [-0.3, -0.25) is 9.69 Å². The molecule has 13 heteroatoms. The highest BCUT2D eigenvalue weighted by atomic mass is 32.2. The number of hydrogen-bond donors (Lipinski definition) is 1. The SMILES string of the molecule is CCCC(C)(CC)OCCC(C)(CC)NC(=O)c1ccc2nc(CN3CCC(c4cccc(OCc5ccc(C#N)cc5F)n4)CC3)n(C[C@@H]3CCS3(=O)=O)c2c1. The maximum absolute atomic E-state index is 14.4. The molecule has 1 N–H and O–H groups in total. The van der Waals surface area contributed by atoms with Gasteiger partial charge in [0.05, 0.1) is 45.8 Å². The second-order valence-corrected chi connectivity index (χ2v) is 18.7. The van der Waals surface area contributed by atoms with Crippen LogP contribution < -0.4 is 10.1 Å². The number of piperidine rings is 1. The minimum absolute atomic E-state index is 0.00714. The van der Waals surface area contributed by atoms with Crippen LogP contribution in [0, 0.1) is 17.1 Å². The number of nitrogens with zero attached hydrogens (tertiary/aromatic N) is 5. The quantitative estimate of drug-likeness (QED) is 0.107. The van der Waals surface area contributed by atoms with Gasteiger partial charge in [-0.05, 0) is 108 Å². The highest BCUT2D eigenvalue weighted by molar-refractivity contribution is 7.93. The summed E-state index contributed by atoms with van der Waals surface area (Å²) < 4.78 is 54.1. The summed E-state index contributed by atoms with van der Waals surface area (Å²) in [5.41, 5.74) is 2.91. The van der Waals surface area contributed by atoms with Crippen LogP contribution in [0.4, 0.5) is 4.39 Å². The van der Waals surface area contributed by atoms with Crippen LogP contribution in [-0.2, 0) is 34.3 Å². The number of hydrogen-bond acceptors (Lipinski definition) is 9. The molecule has 2 unspecified atom stereocenters. The van der Waals surface area contributed by atoms with Crippen LogP contribution in [0.15, 0.2) is 54.6 Å². The summed E-state index contributed by atoms with van der Waals surface area (Å²) in [6.07, 6.45) is 6.74. The topological polar surface area (TPSA) is 139 Å². The highest BCUT2D eigenvalue weighted by Crippen LogP contribution is 2.31. The first-order chi connectivity index (χ1) is 27.3. The van der Waals surface area contributed by atoms with Crippen molar-refractivity contribution in [3.8, 4) is 11.9 Å². The minimum Gasteiger partial charge on any atom is -0.473 e. The van der Waals surface area contributed by atoms with E-state index < -0.39 is 26.4 Å². The lowest BCUT2D eigenvalue weighted by atomic mass is 9.93. The van der Waals surface area contributed by atoms with E-state index in [2.05, 4.69) is 44.8 Å². The Morgan fingerprint density at radius 1 is 1.02 bits per heavy atom. The monoisotopic (exact) mass is 800 g/mol. The van der Waals surface area contributed by atoms with Crippen molar-refractivity contribution in [3.63, 3.8) is 0 Å². The molecule has 0 aliphatic carbocycles. The predicted octanol–water partition coefficient (Wildman–Crippen LogP) is 7.86. The van der Waals surface area contributed by atoms with E-state index in [1.807, 2.05) is 34.9 Å². The molecule has 4 heterocycles. The van der Waals surface area contributed by atoms with Gasteiger partial charge < -0.3 is 19.4 Å². The predicted molar refractivity (Wildman–Crippen MR) is 219 cm³/mol. The van der Waals surface area contributed by atoms with E-state index in [0.717, 1.165) is 74.2 Å². The number of benzene rings is 2. The van der Waals surface area contributed by atoms with Crippen molar-refractivity contribution in [2.24, 2.45) is 0 Å². The van der Waals surface area contributed by atoms with Crippen LogP contribution in [0.5, 0.6) is 5.88 Å². The zero-order valence-corrected chi connectivity index (χ0v) is 34.8. The first-order valence-corrected chi connectivity index (χ1v) is 22.2. The number of nitrogens with one attached hydrogen (secondary N) is 1. The van der Waals surface area contributed by atoms with Crippen LogP contribution in [-0.4, -0.2) is 75.6 Å². The lowest BCUT2D eigenvalue weighted by Gasteiger charge is -2.33. The number of fused-ring (bicyclic) bond motifs is 1. The molecular weight excluding hydrogens is 744 g/mol. The number of aromatic nitrogens is 3. The van der Waals surface area contributed by atoms with E-state index in [1.54, 1.807) is 24.3 Å². The van der Waals surface area contributed by atoms with Gasteiger partial charge in [-0.1, -0.05) is 39.3 Å². The number of carbonyl (C=O) groups excluding carboxylic acids is 1. The molecule has 2 fully saturated rings. The van der Waals surface area contributed by atoms with E-state index in [0.29, 0.717) is 49.5 Å². The molecule has 3 atom stereocenters. The number of ether oxygens (including phenoxy) is 2. The van der Waals surface area contributed by atoms with Crippen molar-refractivity contribution in [2.75, 3.05) is 25.4 Å². The van der Waals surface area contributed by atoms with Crippen LogP contribution in [0.2, 0.25) is 0 Å². The molecular formula is C44H57FN6O5S. The summed E-state index contributed by atoms with van der Waals surface area (Å²) in [7, 11) is -3.16. The van der Waals surface area contributed by atoms with Crippen LogP contribution in [0.3, 0.4) is 0 Å². The van der Waals surface area contributed by atoms with Gasteiger partial charge in [0.15, 0.2) is 9.84 Å². The highest BCUT2D eigenvalue weighted by Gasteiger charge is 2.37. The Morgan fingerprint density at radius 2 is 1.81 bits per heavy atom. The van der Waals surface area contributed by atoms with E-state index >= 15 is 0 Å². The number of pyridine rings is 1. The lowest BCUT2D eigenvalue weighted by Crippen LogP contribution is -2.47. The van der Waals surface area contributed by atoms with E-state index in [9.17, 15) is 17.6 Å². The minimum atomic E-state index is -3.16. The number of carbonyl (C=O) groups is 1. The van der Waals surface area contributed by atoms with Crippen LogP contribution >= 0.6 is 0 Å². The summed E-state index contributed by atoms with van der Waals surface area (Å²) >= 11 is 0. The molecule has 2 aliphatic rings. The van der Waals surface area contributed by atoms with Crippen molar-refractivity contribution in [1.82, 2.24) is 24.8 Å². The number of likely N-dealkylation sites (tertiary alicyclic amines) is 1. The average molecular weight is 801 g/mol. The Bertz CT molecular complexity index is 2200. The molecule has 0 bridgehead atoms. The van der Waals surface area contributed by atoms with Gasteiger partial charge in [0.2, 0.25) is 5.88 Å². The first kappa shape index (κ1) is 42.2. The molecule has 2 saturated heterocycles. The molecule has 11 nitrogen and oxygen atoms in total. The first-order valence-electron chi connectivity index (χ1n) is 20.5. The van der Waals surface area contributed by atoms with Gasteiger partial charge in [0.1, 0.15) is 18.2 Å². The van der Waals surface area contributed by atoms with Gasteiger partial charge >= 0.3 is 0 Å². The van der Waals surface area contributed by atoms with Crippen molar-refractivity contribution in [2.45, 2.75) is 128 Å². The molecule has 306 valence electrons. The summed E-state index contributed by atoms with van der Waals surface area (Å²) in [6.45, 7) is 13.6. The van der Waals surface area contributed by atoms with Crippen molar-refractivity contribution in [1.29, 1.82) is 5.26 Å². The summed E-state index contributed by atoms with van der Waals surface area (Å²) in [5.74, 6) is 0.951. The van der Waals surface area contributed by atoms with Crippen molar-refractivity contribution >= 4 is 26.8 Å². The van der Waals surface area contributed by atoms with Crippen LogP contribution in [0.1, 0.15) is 125 Å². The Hall–Kier alpha value is -4.38. The van der Waals surface area contributed by atoms with E-state index in [1.165, 1.54) is 6.07 Å². The number of amides is 1. The maximum Gasteiger partial charge on any atom is 0.251 e. The third-order valence-electron chi connectivity index (χ3n) is 12.2. The zero-order chi connectivity index (χ0) is 40.8. The number of halogens is 1. The van der Waals surface area contributed by atoms with Gasteiger partial charge in [0.25, 0.3) is 5.91 Å². The smallest absolute Gasteiger partial charge is 0.251 e. The molecule has 2 aromatic carbocycles. The Balaban J connectivity index is 1.12. The van der Waals surface area contributed by atoms with Crippen molar-refractivity contribution in [3.05, 3.63) is 88.6 Å². The standard InChI is InChI=1S/C44H57FN6O5S/c1-6-19-44(5,8-3)56-23-20-43(4,7-2)49-42(52)33-14-15-38-39(26-33)51(28-35-18-24-57(35,53)54)40(47-38)29-50-21-16-32(17-22-50)37-10-9-11-41(48-37)55-30-34-13-12-31(27-46)25-36(34)45/h9-15,25-26,32,35H,6-8,16-24,28-30H2,1-5H3,(H,49,52)/t35-,43?,44?/m0/s1.